The van der Waals surface area contributed by atoms with Crippen molar-refractivity contribution < 1.29 is 4.42 Å². The van der Waals surface area contributed by atoms with Crippen molar-refractivity contribution in [2.24, 2.45) is 0 Å². The summed E-state index contributed by atoms with van der Waals surface area (Å²) < 4.78 is 5.55. The minimum Gasteiger partial charge on any atom is -0.417 e. The van der Waals surface area contributed by atoms with E-state index in [4.69, 9.17) is 16.0 Å². The van der Waals surface area contributed by atoms with Crippen molar-refractivity contribution in [2.75, 3.05) is 0 Å². The summed E-state index contributed by atoms with van der Waals surface area (Å²) in [4.78, 5) is 2.12. The van der Waals surface area contributed by atoms with Crippen LogP contribution in [0.2, 0.25) is 5.02 Å². The van der Waals surface area contributed by atoms with E-state index in [0.717, 1.165) is 22.2 Å². The summed E-state index contributed by atoms with van der Waals surface area (Å²) >= 11 is 6.06. The Balaban J connectivity index is 1.95. The molecule has 1 radical (unpaired) electrons. The highest BCUT2D eigenvalue weighted by molar-refractivity contribution is 6.30. The van der Waals surface area contributed by atoms with Crippen LogP contribution in [-0.4, -0.2) is 0 Å². The Hall–Kier alpha value is -2.03. The van der Waals surface area contributed by atoms with Gasteiger partial charge in [0, 0.05) is 28.8 Å². The second kappa shape index (κ2) is 5.95. The van der Waals surface area contributed by atoms with Crippen LogP contribution in [0.4, 0.5) is 11.6 Å². The molecule has 0 atom stereocenters. The van der Waals surface area contributed by atoms with Crippen molar-refractivity contribution in [1.29, 1.82) is 0 Å². The van der Waals surface area contributed by atoms with Crippen molar-refractivity contribution in [3.8, 4) is 0 Å². The minimum absolute atomic E-state index is 0.706. The van der Waals surface area contributed by atoms with E-state index in [-0.39, 0.29) is 0 Å². The van der Waals surface area contributed by atoms with Gasteiger partial charge in [-0.05, 0) is 18.2 Å². The van der Waals surface area contributed by atoms with Gasteiger partial charge in [-0.25, -0.2) is 0 Å². The molecular weight excluding hydrogens is 270 g/mol. The molecule has 0 saturated carbocycles. The van der Waals surface area contributed by atoms with Crippen molar-refractivity contribution in [3.63, 3.8) is 0 Å². The smallest absolute Gasteiger partial charge is 0.351 e. The quantitative estimate of drug-likeness (QED) is 0.599. The average Bonchev–Trinajstić information content (AvgIpc) is 3.00. The second-order valence-electron chi connectivity index (χ2n) is 4.50. The molecule has 0 spiro atoms. The lowest BCUT2D eigenvalue weighted by Crippen LogP contribution is -2.17. The Labute approximate surface area is 123 Å². The molecule has 1 aromatic heterocycles. The van der Waals surface area contributed by atoms with Gasteiger partial charge in [-0.15, -0.1) is 0 Å². The van der Waals surface area contributed by atoms with Gasteiger partial charge < -0.3 is 4.42 Å². The summed E-state index contributed by atoms with van der Waals surface area (Å²) in [6.45, 7) is 0.706. The normalized spacial score (nSPS) is 10.9. The van der Waals surface area contributed by atoms with Gasteiger partial charge in [0.15, 0.2) is 12.2 Å². The van der Waals surface area contributed by atoms with Crippen LogP contribution in [0.1, 0.15) is 5.56 Å². The molecule has 2 nitrogen and oxygen atoms in total. The van der Waals surface area contributed by atoms with Crippen molar-refractivity contribution in [3.05, 3.63) is 83.6 Å². The molecule has 3 heteroatoms. The van der Waals surface area contributed by atoms with Crippen LogP contribution >= 0.6 is 11.6 Å². The zero-order valence-electron chi connectivity index (χ0n) is 10.9. The summed E-state index contributed by atoms with van der Waals surface area (Å²) in [5.41, 5.74) is 2.22. The van der Waals surface area contributed by atoms with Gasteiger partial charge in [0.25, 0.3) is 0 Å². The number of benzene rings is 2. The van der Waals surface area contributed by atoms with E-state index in [0.29, 0.717) is 6.54 Å². The van der Waals surface area contributed by atoms with E-state index < -0.39 is 0 Å². The Bertz CT molecular complexity index is 664. The number of furan rings is 1. The van der Waals surface area contributed by atoms with E-state index in [2.05, 4.69) is 23.1 Å². The molecule has 0 fully saturated rings. The number of halogens is 1. The molecular formula is C17H14ClNO+. The highest BCUT2D eigenvalue weighted by atomic mass is 35.5. The van der Waals surface area contributed by atoms with Crippen molar-refractivity contribution in [1.82, 2.24) is 4.90 Å². The van der Waals surface area contributed by atoms with Crippen LogP contribution in [0.15, 0.2) is 77.4 Å². The molecule has 99 valence electrons. The minimum atomic E-state index is 0.706. The van der Waals surface area contributed by atoms with Crippen LogP contribution in [-0.2, 0) is 6.54 Å². The number of anilines is 2. The zero-order chi connectivity index (χ0) is 13.8. The van der Waals surface area contributed by atoms with Gasteiger partial charge in [-0.3, -0.25) is 0 Å². The molecule has 3 rings (SSSR count). The van der Waals surface area contributed by atoms with Gasteiger partial charge in [0.1, 0.15) is 0 Å². The first-order valence-electron chi connectivity index (χ1n) is 6.43. The van der Waals surface area contributed by atoms with Gasteiger partial charge in [-0.2, -0.15) is 0 Å². The highest BCUT2D eigenvalue weighted by Crippen LogP contribution is 2.27. The fourth-order valence-electron chi connectivity index (χ4n) is 2.15. The maximum Gasteiger partial charge on any atom is 0.351 e. The maximum absolute atomic E-state index is 6.06. The van der Waals surface area contributed by atoms with Crippen molar-refractivity contribution in [2.45, 2.75) is 6.54 Å². The number of para-hydroxylation sites is 1. The van der Waals surface area contributed by atoms with Crippen LogP contribution in [0.25, 0.3) is 0 Å². The predicted molar refractivity (Wildman–Crippen MR) is 81.8 cm³/mol. The molecule has 0 aliphatic rings. The predicted octanol–water partition coefficient (Wildman–Crippen LogP) is 5.24. The van der Waals surface area contributed by atoms with E-state index >= 15 is 0 Å². The van der Waals surface area contributed by atoms with Crippen LogP contribution in [0.5, 0.6) is 0 Å². The molecule has 0 N–H and O–H groups in total. The van der Waals surface area contributed by atoms with Crippen LogP contribution in [0.3, 0.4) is 0 Å². The monoisotopic (exact) mass is 283 g/mol. The topological polar surface area (TPSA) is 19.0 Å². The fourth-order valence-corrected chi connectivity index (χ4v) is 2.36. The lowest BCUT2D eigenvalue weighted by Gasteiger charge is -2.08. The number of nitrogens with zero attached hydrogens (tertiary/aromatic N) is 1. The van der Waals surface area contributed by atoms with E-state index in [1.807, 2.05) is 48.5 Å². The summed E-state index contributed by atoms with van der Waals surface area (Å²) in [6.07, 6.45) is 1.68. The average molecular weight is 284 g/mol. The zero-order valence-corrected chi connectivity index (χ0v) is 11.6. The van der Waals surface area contributed by atoms with E-state index in [9.17, 15) is 0 Å². The summed E-state index contributed by atoms with van der Waals surface area (Å²) in [7, 11) is 0. The second-order valence-corrected chi connectivity index (χ2v) is 4.94. The van der Waals surface area contributed by atoms with Gasteiger partial charge in [-0.1, -0.05) is 46.8 Å². The van der Waals surface area contributed by atoms with Crippen LogP contribution < -0.4 is 4.90 Å². The Morgan fingerprint density at radius 1 is 0.900 bits per heavy atom. The molecule has 0 saturated heterocycles. The highest BCUT2D eigenvalue weighted by Gasteiger charge is 2.25. The molecule has 2 aromatic carbocycles. The first-order valence-corrected chi connectivity index (χ1v) is 6.81. The molecule has 0 unspecified atom stereocenters. The largest absolute Gasteiger partial charge is 0.417 e. The van der Waals surface area contributed by atoms with Gasteiger partial charge in [0.2, 0.25) is 0 Å². The van der Waals surface area contributed by atoms with E-state index in [1.54, 1.807) is 6.26 Å². The third kappa shape index (κ3) is 2.93. The summed E-state index contributed by atoms with van der Waals surface area (Å²) in [6, 6.07) is 21.9. The molecule has 0 aliphatic carbocycles. The Morgan fingerprint density at radius 2 is 1.75 bits per heavy atom. The molecule has 0 aliphatic heterocycles. The summed E-state index contributed by atoms with van der Waals surface area (Å²) in [5, 5.41) is 0.745. The lowest BCUT2D eigenvalue weighted by atomic mass is 10.2. The molecule has 20 heavy (non-hydrogen) atoms. The fraction of sp³-hybridized carbons (Fsp3) is 0.0588. The van der Waals surface area contributed by atoms with Gasteiger partial charge in [0.05, 0.1) is 6.26 Å². The number of hydrogen-bond donors (Lipinski definition) is 0. The SMILES string of the molecule is Clc1cccc(C[N+](c2ccccc2)c2ccco2)c1. The molecule has 3 aromatic rings. The third-order valence-electron chi connectivity index (χ3n) is 3.07. The standard InChI is InChI=1S/C17H14ClNO/c18-15-7-4-6-14(12-15)13-19(17-10-5-11-20-17)16-8-2-1-3-9-16/h1-12H,13H2/q+1. The summed E-state index contributed by atoms with van der Waals surface area (Å²) in [5.74, 6) is 0.816. The molecule has 0 bridgehead atoms. The van der Waals surface area contributed by atoms with Crippen molar-refractivity contribution >= 4 is 23.2 Å². The van der Waals surface area contributed by atoms with Crippen LogP contribution in [0, 0.1) is 0 Å². The first kappa shape index (κ1) is 13.0. The first-order chi connectivity index (χ1) is 9.83. The number of hydrogen-bond acceptors (Lipinski definition) is 2. The molecule has 0 amide bonds. The number of rotatable bonds is 4. The van der Waals surface area contributed by atoms with Gasteiger partial charge >= 0.3 is 5.88 Å². The Kier molecular flexibility index (Phi) is 3.86. The Morgan fingerprint density at radius 3 is 2.45 bits per heavy atom. The van der Waals surface area contributed by atoms with E-state index in [1.165, 1.54) is 0 Å². The lowest BCUT2D eigenvalue weighted by molar-refractivity contribution is 0.490. The maximum atomic E-state index is 6.06. The molecule has 1 heterocycles. The third-order valence-corrected chi connectivity index (χ3v) is 3.30.